The van der Waals surface area contributed by atoms with E-state index in [2.05, 4.69) is 44.0 Å². The molecule has 0 amide bonds. The van der Waals surface area contributed by atoms with E-state index in [1.807, 2.05) is 0 Å². The van der Waals surface area contributed by atoms with Crippen LogP contribution in [0, 0.1) is 20.8 Å². The summed E-state index contributed by atoms with van der Waals surface area (Å²) in [6.45, 7) is 17.2. The molecule has 0 bridgehead atoms. The molecule has 0 aliphatic carbocycles. The van der Waals surface area contributed by atoms with Crippen LogP contribution in [0.4, 0.5) is 0 Å². The van der Waals surface area contributed by atoms with Gasteiger partial charge in [-0.1, -0.05) is 0 Å². The van der Waals surface area contributed by atoms with Gasteiger partial charge in [-0.15, -0.1) is 0 Å². The minimum Gasteiger partial charge on any atom is -1.00 e. The summed E-state index contributed by atoms with van der Waals surface area (Å²) < 4.78 is 0. The minimum atomic E-state index is 0. The molecule has 6 heteroatoms. The fraction of sp³-hybridized carbons (Fsp3) is 0.700. The van der Waals surface area contributed by atoms with E-state index in [1.165, 1.54) is 18.1 Å². The molecule has 0 aromatic rings. The van der Waals surface area contributed by atoms with E-state index in [4.69, 9.17) is 0 Å². The molecule has 0 N–H and O–H groups in total. The summed E-state index contributed by atoms with van der Waals surface area (Å²) in [5.74, 6) is 0. The molecule has 0 rings (SSSR count). The molecule has 0 aromatic heterocycles. The van der Waals surface area contributed by atoms with Crippen LogP contribution in [0.25, 0.3) is 0 Å². The average molecular weight is 332 g/mol. The Labute approximate surface area is 159 Å². The molecule has 0 unspecified atom stereocenters. The van der Waals surface area contributed by atoms with Crippen molar-refractivity contribution in [1.82, 2.24) is 0 Å². The van der Waals surface area contributed by atoms with Crippen LogP contribution in [0.3, 0.4) is 0 Å². The number of halogens is 3. The van der Waals surface area contributed by atoms with E-state index in [0.717, 1.165) is 0 Å². The summed E-state index contributed by atoms with van der Waals surface area (Å²) in [4.78, 5) is 0. The fourth-order valence-corrected chi connectivity index (χ4v) is 0.612. The normalized spacial score (nSPS) is 3.81. The fourth-order valence-electron chi connectivity index (χ4n) is 0.204. The first-order valence-electron chi connectivity index (χ1n) is 4.24. The van der Waals surface area contributed by atoms with Gasteiger partial charge in [-0.25, -0.2) is 0 Å². The molecule has 16 heavy (non-hydrogen) atoms. The van der Waals surface area contributed by atoms with Crippen LogP contribution in [0.5, 0.6) is 0 Å². The van der Waals surface area contributed by atoms with E-state index in [0.29, 0.717) is 0 Å². The van der Waals surface area contributed by atoms with Crippen molar-refractivity contribution in [2.24, 2.45) is 0 Å². The van der Waals surface area contributed by atoms with Crippen LogP contribution >= 0.6 is 0 Å². The van der Waals surface area contributed by atoms with E-state index in [1.54, 1.807) is 20.8 Å². The zero-order valence-electron chi connectivity index (χ0n) is 11.5. The van der Waals surface area contributed by atoms with Crippen molar-refractivity contribution in [3.8, 4) is 0 Å². The maximum absolute atomic E-state index is 3.25. The SMILES string of the molecule is CCC[CH2][Al+2].[CH2-]C.[CH2-]C.[CH2-]C.[Cl-].[Cl-].[Cl-].[Li+].[Ti+3]. The third kappa shape index (κ3) is 186. The Morgan fingerprint density at radius 2 is 1.00 bits per heavy atom. The first-order chi connectivity index (χ1) is 5.41. The Morgan fingerprint density at radius 3 is 1.00 bits per heavy atom. The molecule has 0 nitrogen and oxygen atoms in total. The molecule has 0 saturated heterocycles. The molecule has 0 aliphatic heterocycles. The van der Waals surface area contributed by atoms with Crippen molar-refractivity contribution in [2.75, 3.05) is 0 Å². The van der Waals surface area contributed by atoms with E-state index < -0.39 is 0 Å². The van der Waals surface area contributed by atoms with Crippen molar-refractivity contribution < 1.29 is 77.8 Å². The number of hydrogen-bond acceptors (Lipinski definition) is 0. The van der Waals surface area contributed by atoms with E-state index >= 15 is 0 Å². The molecule has 1 radical (unpaired) electrons. The zero-order chi connectivity index (χ0) is 10.1. The monoisotopic (exact) mass is 331 g/mol. The van der Waals surface area contributed by atoms with Crippen molar-refractivity contribution in [3.05, 3.63) is 20.8 Å². The Bertz CT molecular complexity index is 33.5. The standard InChI is InChI=1S/C4H9.3C2H5.Al.3ClH.Li.Ti/c1-3-4-2;3*1-2;;;;;;/h1,3-4H2,2H3;3*1H2,2H3;;3*1H;;/q;3*-1;+2;;;;+1;+3/p-3. The van der Waals surface area contributed by atoms with Crippen LogP contribution in [-0.2, 0) is 21.7 Å². The third-order valence-corrected chi connectivity index (χ3v) is 0.966. The molecular weight excluding hydrogens is 308 g/mol. The molecule has 0 aromatic carbocycles. The van der Waals surface area contributed by atoms with Crippen LogP contribution in [0.2, 0.25) is 5.28 Å². The van der Waals surface area contributed by atoms with Gasteiger partial charge in [-0.2, -0.15) is 20.8 Å². The summed E-state index contributed by atoms with van der Waals surface area (Å²) in [7, 11) is 0. The number of unbranched alkanes of at least 4 members (excludes halogenated alkanes) is 1. The quantitative estimate of drug-likeness (QED) is 0.348. The predicted octanol–water partition coefficient (Wildman–Crippen LogP) is -8.09. The van der Waals surface area contributed by atoms with Gasteiger partial charge in [0, 0.05) is 0 Å². The van der Waals surface area contributed by atoms with Crippen molar-refractivity contribution in [1.29, 1.82) is 0 Å². The van der Waals surface area contributed by atoms with Gasteiger partial charge in [0.2, 0.25) is 0 Å². The van der Waals surface area contributed by atoms with Crippen molar-refractivity contribution in [2.45, 2.75) is 45.8 Å². The van der Waals surface area contributed by atoms with Crippen LogP contribution < -0.4 is 56.1 Å². The molecule has 0 heterocycles. The Balaban J connectivity index is -0.00000000578. The maximum atomic E-state index is 3.25. The Kier molecular flexibility index (Phi) is 589. The number of rotatable bonds is 2. The number of hydrogen-bond donors (Lipinski definition) is 0. The van der Waals surface area contributed by atoms with Crippen LogP contribution in [-0.4, -0.2) is 16.3 Å². The molecule has 0 aliphatic rings. The van der Waals surface area contributed by atoms with Gasteiger partial charge in [0.1, 0.15) is 0 Å². The molecular formula is C10H24AlCl3LiTi. The van der Waals surface area contributed by atoms with Gasteiger partial charge in [-0.3, -0.25) is 0 Å². The Hall–Kier alpha value is 2.71. The van der Waals surface area contributed by atoms with Gasteiger partial charge in [0.25, 0.3) is 0 Å². The Morgan fingerprint density at radius 1 is 0.812 bits per heavy atom. The summed E-state index contributed by atoms with van der Waals surface area (Å²) in [6.07, 6.45) is 2.67. The molecule has 93 valence electrons. The van der Waals surface area contributed by atoms with Gasteiger partial charge in [-0.05, 0) is 0 Å². The minimum absolute atomic E-state index is 0. The van der Waals surface area contributed by atoms with Gasteiger partial charge < -0.3 is 58.0 Å². The van der Waals surface area contributed by atoms with Gasteiger partial charge in [0.15, 0.2) is 0 Å². The largest absolute Gasteiger partial charge is 3.00 e. The maximum Gasteiger partial charge on any atom is 3.00 e. The zero-order valence-corrected chi connectivity index (χ0v) is 16.4. The second-order valence-corrected chi connectivity index (χ2v) is 1.72. The molecule has 0 spiro atoms. The average Bonchev–Trinajstić information content (AvgIpc) is 2.16. The van der Waals surface area contributed by atoms with Gasteiger partial charge >= 0.3 is 81.9 Å². The molecule has 0 atom stereocenters. The summed E-state index contributed by atoms with van der Waals surface area (Å²) in [6, 6.07) is 0. The molecule has 0 fully saturated rings. The smallest absolute Gasteiger partial charge is 1.00 e. The van der Waals surface area contributed by atoms with E-state index in [-0.39, 0.29) is 77.8 Å². The topological polar surface area (TPSA) is 0 Å². The molecule has 0 saturated carbocycles. The van der Waals surface area contributed by atoms with Crippen LogP contribution in [0.1, 0.15) is 40.5 Å². The summed E-state index contributed by atoms with van der Waals surface area (Å²) >= 11 is 2.70. The van der Waals surface area contributed by atoms with Crippen molar-refractivity contribution >= 4 is 16.3 Å². The van der Waals surface area contributed by atoms with Crippen LogP contribution in [0.15, 0.2) is 0 Å². The predicted molar refractivity (Wildman–Crippen MR) is 58.6 cm³/mol. The van der Waals surface area contributed by atoms with E-state index in [9.17, 15) is 0 Å². The second kappa shape index (κ2) is 152. The first kappa shape index (κ1) is 62.2. The first-order valence-corrected chi connectivity index (χ1v) is 5.05. The summed E-state index contributed by atoms with van der Waals surface area (Å²) in [5.41, 5.74) is 0. The van der Waals surface area contributed by atoms with Crippen molar-refractivity contribution in [3.63, 3.8) is 0 Å². The van der Waals surface area contributed by atoms with Gasteiger partial charge in [0.05, 0.1) is 0 Å². The summed E-state index contributed by atoms with van der Waals surface area (Å²) in [5, 5.41) is 1.26. The second-order valence-electron chi connectivity index (χ2n) is 1.14. The third-order valence-electron chi connectivity index (χ3n) is 0.558.